The molecule has 0 heterocycles. The van der Waals surface area contributed by atoms with E-state index < -0.39 is 49.9 Å². The molecule has 5 heteroatoms. The highest BCUT2D eigenvalue weighted by molar-refractivity contribution is 5.83. The number of carbonyl (C=O) groups excluding carboxylic acids is 2. The SMILES string of the molecule is [2H]C([2H])([2H])[N+](CCCCC(NC(C)=O)C(=O)OCCC)(C([2H])([2H])[2H])C([2H])([2H])[2H]. The second kappa shape index (κ2) is 8.91. The number of nitrogens with one attached hydrogen (secondary N) is 1. The molecule has 0 radical (unpaired) electrons. The second-order valence-electron chi connectivity index (χ2n) is 4.45. The normalized spacial score (nSPS) is 21.9. The fraction of sp³-hybridized carbons (Fsp3) is 0.857. The lowest BCUT2D eigenvalue weighted by atomic mass is 10.1. The number of amides is 1. The summed E-state index contributed by atoms with van der Waals surface area (Å²) in [6.07, 6.45) is 0.681. The highest BCUT2D eigenvalue weighted by atomic mass is 16.5. The van der Waals surface area contributed by atoms with E-state index >= 15 is 0 Å². The van der Waals surface area contributed by atoms with E-state index in [4.69, 9.17) is 17.1 Å². The van der Waals surface area contributed by atoms with Crippen molar-refractivity contribution in [1.29, 1.82) is 0 Å². The second-order valence-corrected chi connectivity index (χ2v) is 4.45. The number of ether oxygens (including phenoxy) is 1. The summed E-state index contributed by atoms with van der Waals surface area (Å²) in [5.41, 5.74) is 0. The molecule has 112 valence electrons. The minimum atomic E-state index is -3.30. The molecule has 1 N–H and O–H groups in total. The number of quaternary nitrogens is 1. The van der Waals surface area contributed by atoms with Gasteiger partial charge in [0.05, 0.1) is 46.4 Å². The predicted molar refractivity (Wildman–Crippen MR) is 75.6 cm³/mol. The highest BCUT2D eigenvalue weighted by Gasteiger charge is 2.20. The van der Waals surface area contributed by atoms with E-state index in [-0.39, 0.29) is 25.9 Å². The fourth-order valence-corrected chi connectivity index (χ4v) is 1.49. The first-order chi connectivity index (χ1) is 12.5. The number of carbonyl (C=O) groups is 2. The topological polar surface area (TPSA) is 55.4 Å². The van der Waals surface area contributed by atoms with Crippen molar-refractivity contribution < 1.29 is 31.1 Å². The van der Waals surface area contributed by atoms with Crippen molar-refractivity contribution in [2.24, 2.45) is 0 Å². The molecule has 0 saturated heterocycles. The first-order valence-electron chi connectivity index (χ1n) is 10.8. The van der Waals surface area contributed by atoms with Gasteiger partial charge in [-0.25, -0.2) is 4.79 Å². The summed E-state index contributed by atoms with van der Waals surface area (Å²) in [6.45, 7) is -7.36. The Hall–Kier alpha value is -1.10. The van der Waals surface area contributed by atoms with Crippen LogP contribution in [0.25, 0.3) is 0 Å². The van der Waals surface area contributed by atoms with Crippen LogP contribution in [0.2, 0.25) is 0 Å². The van der Waals surface area contributed by atoms with Crippen molar-refractivity contribution in [2.75, 3.05) is 34.1 Å². The quantitative estimate of drug-likeness (QED) is 0.394. The Morgan fingerprint density at radius 2 is 2.00 bits per heavy atom. The third-order valence-corrected chi connectivity index (χ3v) is 2.35. The first kappa shape index (κ1) is 7.62. The minimum absolute atomic E-state index is 0.0606. The predicted octanol–water partition coefficient (Wildman–Crippen LogP) is 1.32. The molecule has 0 aliphatic rings. The van der Waals surface area contributed by atoms with Gasteiger partial charge in [0.15, 0.2) is 0 Å². The molecule has 0 aromatic heterocycles. The van der Waals surface area contributed by atoms with Crippen molar-refractivity contribution in [3.8, 4) is 0 Å². The number of hydrogen-bond acceptors (Lipinski definition) is 3. The Labute approximate surface area is 129 Å². The Balaban J connectivity index is 5.28. The Kier molecular flexibility index (Phi) is 3.57. The molecule has 0 aromatic carbocycles. The Morgan fingerprint density at radius 1 is 1.32 bits per heavy atom. The molecule has 0 aromatic rings. The van der Waals surface area contributed by atoms with Gasteiger partial charge in [0, 0.05) is 6.92 Å². The molecular weight excluding hydrogens is 244 g/mol. The monoisotopic (exact) mass is 282 g/mol. The van der Waals surface area contributed by atoms with Gasteiger partial charge in [-0.3, -0.25) is 4.79 Å². The van der Waals surface area contributed by atoms with E-state index in [2.05, 4.69) is 5.32 Å². The number of esters is 1. The van der Waals surface area contributed by atoms with Crippen molar-refractivity contribution in [2.45, 2.75) is 45.6 Å². The summed E-state index contributed by atoms with van der Waals surface area (Å²) in [6, 6.07) is -0.973. The van der Waals surface area contributed by atoms with Gasteiger partial charge in [0.1, 0.15) is 6.04 Å². The molecule has 1 unspecified atom stereocenters. The van der Waals surface area contributed by atoms with E-state index in [1.165, 1.54) is 6.92 Å². The first-order valence-corrected chi connectivity index (χ1v) is 6.33. The van der Waals surface area contributed by atoms with Crippen LogP contribution in [0.4, 0.5) is 0 Å². The van der Waals surface area contributed by atoms with E-state index in [0.29, 0.717) is 6.42 Å². The van der Waals surface area contributed by atoms with Crippen molar-refractivity contribution in [3.05, 3.63) is 0 Å². The maximum absolute atomic E-state index is 12.0. The lowest BCUT2D eigenvalue weighted by Gasteiger charge is -2.24. The molecular formula is C14H29N2O3+. The fourth-order valence-electron chi connectivity index (χ4n) is 1.49. The molecule has 0 fully saturated rings. The summed E-state index contributed by atoms with van der Waals surface area (Å²) in [5.74, 6) is -1.11. The van der Waals surface area contributed by atoms with E-state index in [9.17, 15) is 9.59 Å². The summed E-state index contributed by atoms with van der Waals surface area (Å²) in [4.78, 5) is 23.3. The Morgan fingerprint density at radius 3 is 2.53 bits per heavy atom. The van der Waals surface area contributed by atoms with Crippen LogP contribution in [-0.4, -0.2) is 56.5 Å². The molecule has 0 aliphatic carbocycles. The molecule has 19 heavy (non-hydrogen) atoms. The standard InChI is InChI=1S/C14H28N2O3/c1-6-11-19-14(18)13(15-12(2)17)9-7-8-10-16(3,4)5/h13H,6-11H2,1-5H3/p+1/i3D3,4D3,5D3. The Bertz CT molecular complexity index is 494. The van der Waals surface area contributed by atoms with E-state index in [1.54, 1.807) is 6.92 Å². The number of hydrogen-bond donors (Lipinski definition) is 1. The van der Waals surface area contributed by atoms with Gasteiger partial charge in [-0.1, -0.05) is 6.92 Å². The summed E-state index contributed by atoms with van der Waals surface area (Å²) >= 11 is 0. The zero-order chi connectivity index (χ0) is 22.4. The molecule has 0 saturated carbocycles. The maximum atomic E-state index is 12.0. The number of unbranched alkanes of at least 4 members (excludes halogenated alkanes) is 1. The average Bonchev–Trinajstić information content (AvgIpc) is 2.46. The van der Waals surface area contributed by atoms with E-state index in [0.717, 1.165) is 0 Å². The zero-order valence-corrected chi connectivity index (χ0v) is 11.5. The van der Waals surface area contributed by atoms with Crippen molar-refractivity contribution in [3.63, 3.8) is 0 Å². The van der Waals surface area contributed by atoms with Crippen molar-refractivity contribution >= 4 is 11.9 Å². The smallest absolute Gasteiger partial charge is 0.328 e. The van der Waals surface area contributed by atoms with Gasteiger partial charge < -0.3 is 14.5 Å². The number of nitrogens with zero attached hydrogens (tertiary/aromatic N) is 1. The summed E-state index contributed by atoms with van der Waals surface area (Å²) in [5, 5.41) is 2.42. The van der Waals surface area contributed by atoms with Crippen LogP contribution < -0.4 is 5.32 Å². The molecule has 0 bridgehead atoms. The third kappa shape index (κ3) is 10.5. The van der Waals surface area contributed by atoms with Crippen LogP contribution in [-0.2, 0) is 14.3 Å². The van der Waals surface area contributed by atoms with E-state index in [1.807, 2.05) is 0 Å². The van der Waals surface area contributed by atoms with Crippen LogP contribution in [0.1, 0.15) is 51.9 Å². The molecule has 0 rings (SSSR count). The summed E-state index contributed by atoms with van der Waals surface area (Å²) in [7, 11) is 0. The van der Waals surface area contributed by atoms with Crippen LogP contribution in [0.5, 0.6) is 0 Å². The average molecular weight is 282 g/mol. The molecule has 0 spiro atoms. The summed E-state index contributed by atoms with van der Waals surface area (Å²) < 4.78 is 71.0. The van der Waals surface area contributed by atoms with Gasteiger partial charge in [-0.15, -0.1) is 0 Å². The third-order valence-electron chi connectivity index (χ3n) is 2.35. The molecule has 1 amide bonds. The van der Waals surface area contributed by atoms with Crippen molar-refractivity contribution in [1.82, 2.24) is 5.32 Å². The van der Waals surface area contributed by atoms with Crippen LogP contribution >= 0.6 is 0 Å². The van der Waals surface area contributed by atoms with Crippen LogP contribution in [0.3, 0.4) is 0 Å². The molecule has 1 atom stereocenters. The highest BCUT2D eigenvalue weighted by Crippen LogP contribution is 2.06. The molecule has 0 aliphatic heterocycles. The maximum Gasteiger partial charge on any atom is 0.328 e. The molecule has 5 nitrogen and oxygen atoms in total. The van der Waals surface area contributed by atoms with Crippen LogP contribution in [0.15, 0.2) is 0 Å². The van der Waals surface area contributed by atoms with Gasteiger partial charge in [0.25, 0.3) is 0 Å². The lowest BCUT2D eigenvalue weighted by Crippen LogP contribution is -2.41. The van der Waals surface area contributed by atoms with Gasteiger partial charge in [0.2, 0.25) is 5.91 Å². The largest absolute Gasteiger partial charge is 0.464 e. The van der Waals surface area contributed by atoms with Crippen LogP contribution in [0, 0.1) is 0 Å². The van der Waals surface area contributed by atoms with Gasteiger partial charge in [-0.05, 0) is 25.7 Å². The van der Waals surface area contributed by atoms with Gasteiger partial charge >= 0.3 is 5.97 Å². The van der Waals surface area contributed by atoms with Gasteiger partial charge in [-0.2, -0.15) is 0 Å². The minimum Gasteiger partial charge on any atom is -0.464 e. The zero-order valence-electron chi connectivity index (χ0n) is 20.5. The number of rotatable bonds is 9. The lowest BCUT2D eigenvalue weighted by molar-refractivity contribution is -0.870.